The third kappa shape index (κ3) is 3.39. The van der Waals surface area contributed by atoms with Gasteiger partial charge in [0, 0.05) is 25.9 Å². The van der Waals surface area contributed by atoms with Gasteiger partial charge in [-0.3, -0.25) is 0 Å². The van der Waals surface area contributed by atoms with Gasteiger partial charge in [0.2, 0.25) is 6.04 Å². The van der Waals surface area contributed by atoms with Gasteiger partial charge in [-0.05, 0) is 0 Å². The number of thiazole rings is 1. The third-order valence-corrected chi connectivity index (χ3v) is 7.71. The summed E-state index contributed by atoms with van der Waals surface area (Å²) < 4.78 is 29.2. The number of hydrogen-bond donors (Lipinski definition) is 0. The molecular weight excluding hydrogens is 334 g/mol. The maximum absolute atomic E-state index is 12.7. The maximum Gasteiger partial charge on any atom is 0.254 e. The molecule has 0 spiro atoms. The quantitative estimate of drug-likeness (QED) is 0.594. The lowest BCUT2D eigenvalue weighted by Crippen LogP contribution is -2.41. The van der Waals surface area contributed by atoms with Crippen molar-refractivity contribution in [2.75, 3.05) is 44.2 Å². The van der Waals surface area contributed by atoms with E-state index in [1.54, 1.807) is 0 Å². The summed E-state index contributed by atoms with van der Waals surface area (Å²) >= 11 is 1.23. The maximum atomic E-state index is 12.7. The Bertz CT molecular complexity index is 719. The molecule has 0 saturated carbocycles. The molecule has 1 aromatic rings. The van der Waals surface area contributed by atoms with Gasteiger partial charge < -0.3 is 9.74 Å². The number of piperidine rings is 1. The smallest absolute Gasteiger partial charge is 0.254 e. The van der Waals surface area contributed by atoms with Crippen LogP contribution >= 0.6 is 11.3 Å². The molecule has 0 aliphatic carbocycles. The van der Waals surface area contributed by atoms with Gasteiger partial charge in [0.15, 0.2) is 22.4 Å². The van der Waals surface area contributed by atoms with Crippen LogP contribution in [-0.4, -0.2) is 74.3 Å². The molecule has 0 N–H and O–H groups in total. The summed E-state index contributed by atoms with van der Waals surface area (Å²) in [5, 5.41) is 0.757. The fourth-order valence-electron chi connectivity index (χ4n) is 2.79. The number of hydrogen-bond acceptors (Lipinski definition) is 5. The lowest BCUT2D eigenvalue weighted by atomic mass is 10.1. The molecule has 0 unspecified atom stereocenters. The molecule has 2 saturated heterocycles. The Kier molecular flexibility index (Phi) is 4.66. The van der Waals surface area contributed by atoms with Crippen LogP contribution in [0.2, 0.25) is 0 Å². The largest absolute Gasteiger partial charge is 0.335 e. The predicted molar refractivity (Wildman–Crippen MR) is 89.8 cm³/mol. The van der Waals surface area contributed by atoms with E-state index >= 15 is 0 Å². The minimum absolute atomic E-state index is 0.0441. The van der Waals surface area contributed by atoms with Crippen LogP contribution in [0.15, 0.2) is 10.4 Å². The predicted octanol–water partition coefficient (Wildman–Crippen LogP) is 0.749. The molecule has 2 fully saturated rings. The van der Waals surface area contributed by atoms with E-state index in [-0.39, 0.29) is 6.04 Å². The van der Waals surface area contributed by atoms with Gasteiger partial charge in [-0.15, -0.1) is 0 Å². The number of anilines is 1. The number of rotatable bonds is 3. The minimum Gasteiger partial charge on any atom is -0.335 e. The van der Waals surface area contributed by atoms with E-state index in [1.807, 2.05) is 4.58 Å². The topological polar surface area (TPSA) is 60.9 Å². The molecule has 3 heterocycles. The zero-order valence-electron chi connectivity index (χ0n) is 12.9. The van der Waals surface area contributed by atoms with Crippen molar-refractivity contribution in [2.45, 2.75) is 23.1 Å². The van der Waals surface area contributed by atoms with Gasteiger partial charge >= 0.3 is 0 Å². The molecule has 2 aliphatic rings. The van der Waals surface area contributed by atoms with E-state index in [2.05, 4.69) is 21.4 Å². The zero-order chi connectivity index (χ0) is 16.4. The SMILES string of the molecule is [C-]#[N+]C1CCN(S(=O)(=O)c2cnc(N3CC[N+](=C)CC3)s2)CC1. The Morgan fingerprint density at radius 3 is 2.57 bits per heavy atom. The van der Waals surface area contributed by atoms with Crippen LogP contribution in [0.3, 0.4) is 0 Å². The van der Waals surface area contributed by atoms with Crippen LogP contribution in [0.4, 0.5) is 5.13 Å². The summed E-state index contributed by atoms with van der Waals surface area (Å²) in [6.07, 6.45) is 2.69. The van der Waals surface area contributed by atoms with Gasteiger partial charge in [0.05, 0.1) is 19.3 Å². The summed E-state index contributed by atoms with van der Waals surface area (Å²) in [6.45, 7) is 15.1. The van der Waals surface area contributed by atoms with Crippen LogP contribution in [0.5, 0.6) is 0 Å². The lowest BCUT2D eigenvalue weighted by molar-refractivity contribution is -0.521. The van der Waals surface area contributed by atoms with E-state index in [1.165, 1.54) is 21.8 Å². The van der Waals surface area contributed by atoms with Crippen LogP contribution in [-0.2, 0) is 10.0 Å². The van der Waals surface area contributed by atoms with E-state index in [0.29, 0.717) is 30.1 Å². The van der Waals surface area contributed by atoms with Crippen molar-refractivity contribution >= 4 is 33.2 Å². The Labute approximate surface area is 140 Å². The van der Waals surface area contributed by atoms with E-state index in [0.717, 1.165) is 31.3 Å². The van der Waals surface area contributed by atoms with Crippen molar-refractivity contribution in [2.24, 2.45) is 0 Å². The number of sulfonamides is 1. The lowest BCUT2D eigenvalue weighted by Gasteiger charge is -2.26. The normalized spacial score (nSPS) is 21.3. The third-order valence-electron chi connectivity index (χ3n) is 4.32. The average molecular weight is 354 g/mol. The van der Waals surface area contributed by atoms with Crippen molar-refractivity contribution in [3.8, 4) is 0 Å². The Morgan fingerprint density at radius 2 is 1.96 bits per heavy atom. The summed E-state index contributed by atoms with van der Waals surface area (Å²) in [6, 6.07) is -0.0441. The van der Waals surface area contributed by atoms with Crippen LogP contribution in [0, 0.1) is 6.57 Å². The molecule has 3 rings (SSSR count). The molecule has 9 heteroatoms. The summed E-state index contributed by atoms with van der Waals surface area (Å²) in [5.74, 6) is 0. The first kappa shape index (κ1) is 16.4. The van der Waals surface area contributed by atoms with E-state index < -0.39 is 10.0 Å². The van der Waals surface area contributed by atoms with Gasteiger partial charge in [0.25, 0.3) is 10.0 Å². The zero-order valence-corrected chi connectivity index (χ0v) is 14.5. The molecule has 2 aliphatic heterocycles. The standard InChI is InChI=1S/C14H20N5O2S2/c1-15-12-3-5-19(6-4-12)23(20,21)13-11-16-14(22-13)18-9-7-17(2)8-10-18/h11-12H,2-10H2/q+1. The highest BCUT2D eigenvalue weighted by Gasteiger charge is 2.33. The van der Waals surface area contributed by atoms with Crippen LogP contribution in [0.1, 0.15) is 12.8 Å². The summed E-state index contributed by atoms with van der Waals surface area (Å²) in [4.78, 5) is 9.93. The highest BCUT2D eigenvalue weighted by atomic mass is 32.2. The number of nitrogens with zero attached hydrogens (tertiary/aromatic N) is 5. The summed E-state index contributed by atoms with van der Waals surface area (Å²) in [7, 11) is -3.49. The molecule has 0 atom stereocenters. The van der Waals surface area contributed by atoms with Gasteiger partial charge in [0.1, 0.15) is 6.72 Å². The van der Waals surface area contributed by atoms with E-state index in [9.17, 15) is 8.42 Å². The van der Waals surface area contributed by atoms with Crippen molar-refractivity contribution in [3.05, 3.63) is 17.6 Å². The number of piperazine rings is 1. The molecule has 0 amide bonds. The second-order valence-electron chi connectivity index (χ2n) is 5.83. The number of aromatic nitrogens is 1. The average Bonchev–Trinajstić information content (AvgIpc) is 3.06. The second-order valence-corrected chi connectivity index (χ2v) is 9.01. The first-order chi connectivity index (χ1) is 11.0. The molecule has 124 valence electrons. The molecular formula is C14H20N5O2S2+. The molecule has 0 aromatic carbocycles. The van der Waals surface area contributed by atoms with Crippen molar-refractivity contribution < 1.29 is 13.0 Å². The van der Waals surface area contributed by atoms with Crippen LogP contribution < -0.4 is 4.90 Å². The summed E-state index contributed by atoms with van der Waals surface area (Å²) in [5.41, 5.74) is 0. The molecule has 0 radical (unpaired) electrons. The minimum atomic E-state index is -3.49. The monoisotopic (exact) mass is 354 g/mol. The van der Waals surface area contributed by atoms with Gasteiger partial charge in [-0.2, -0.15) is 4.31 Å². The molecule has 1 aromatic heterocycles. The fourth-order valence-corrected chi connectivity index (χ4v) is 5.59. The van der Waals surface area contributed by atoms with Crippen molar-refractivity contribution in [1.82, 2.24) is 9.29 Å². The Balaban J connectivity index is 1.72. The first-order valence-corrected chi connectivity index (χ1v) is 9.89. The van der Waals surface area contributed by atoms with Crippen molar-refractivity contribution in [3.63, 3.8) is 0 Å². The highest BCUT2D eigenvalue weighted by molar-refractivity contribution is 7.91. The van der Waals surface area contributed by atoms with Crippen molar-refractivity contribution in [1.29, 1.82) is 0 Å². The fraction of sp³-hybridized carbons (Fsp3) is 0.643. The van der Waals surface area contributed by atoms with Gasteiger partial charge in [-0.25, -0.2) is 24.5 Å². The first-order valence-electron chi connectivity index (χ1n) is 7.63. The molecule has 7 nitrogen and oxygen atoms in total. The molecule has 0 bridgehead atoms. The Morgan fingerprint density at radius 1 is 1.30 bits per heavy atom. The highest BCUT2D eigenvalue weighted by Crippen LogP contribution is 2.30. The Hall–Kier alpha value is -1.50. The molecule has 23 heavy (non-hydrogen) atoms. The van der Waals surface area contributed by atoms with E-state index in [4.69, 9.17) is 6.57 Å². The second kappa shape index (κ2) is 6.55. The van der Waals surface area contributed by atoms with Gasteiger partial charge in [-0.1, -0.05) is 11.3 Å². The van der Waals surface area contributed by atoms with Crippen LogP contribution in [0.25, 0.3) is 4.85 Å².